The fraction of sp³-hybridized carbons (Fsp3) is 0.818. The fourth-order valence-electron chi connectivity index (χ4n) is 1.88. The van der Waals surface area contributed by atoms with E-state index in [0.29, 0.717) is 5.82 Å². The molecule has 5 nitrogen and oxygen atoms in total. The van der Waals surface area contributed by atoms with E-state index in [1.165, 1.54) is 0 Å². The van der Waals surface area contributed by atoms with Crippen LogP contribution in [0.3, 0.4) is 0 Å². The molecular weight excluding hydrogens is 206 g/mol. The maximum absolute atomic E-state index is 10.5. The van der Waals surface area contributed by atoms with Gasteiger partial charge in [0.1, 0.15) is 0 Å². The average molecular weight is 227 g/mol. The largest absolute Gasteiger partial charge is 0.366 e. The second-order valence-corrected chi connectivity index (χ2v) is 5.09. The van der Waals surface area contributed by atoms with Gasteiger partial charge in [0.25, 0.3) is 6.20 Å². The minimum Gasteiger partial charge on any atom is -0.366 e. The highest BCUT2D eigenvalue weighted by atomic mass is 16.6. The van der Waals surface area contributed by atoms with Gasteiger partial charge in [-0.3, -0.25) is 10.1 Å². The van der Waals surface area contributed by atoms with Crippen molar-refractivity contribution < 1.29 is 4.92 Å². The summed E-state index contributed by atoms with van der Waals surface area (Å²) < 4.78 is 0. The summed E-state index contributed by atoms with van der Waals surface area (Å²) in [5, 5.41) is 13.7. The summed E-state index contributed by atoms with van der Waals surface area (Å²) in [6.45, 7) is 9.00. The Hall–Kier alpha value is -1.26. The molecule has 0 aliphatic carbocycles. The Bertz CT molecular complexity index is 287. The molecule has 0 aromatic heterocycles. The predicted octanol–water partition coefficient (Wildman–Crippen LogP) is 1.79. The Morgan fingerprint density at radius 2 is 2.31 bits per heavy atom. The van der Waals surface area contributed by atoms with Gasteiger partial charge >= 0.3 is 0 Å². The van der Waals surface area contributed by atoms with Crippen LogP contribution in [-0.2, 0) is 0 Å². The standard InChI is InChI=1S/C11H21N3O2/c1-4-5-6-13-9-11(2,3)8-12-10(13)7-14(15)16/h7,12H,4-6,8-9H2,1-3H3. The monoisotopic (exact) mass is 227 g/mol. The molecular formula is C11H21N3O2. The highest BCUT2D eigenvalue weighted by Crippen LogP contribution is 2.23. The van der Waals surface area contributed by atoms with Crippen LogP contribution in [0.5, 0.6) is 0 Å². The van der Waals surface area contributed by atoms with E-state index in [-0.39, 0.29) is 10.3 Å². The van der Waals surface area contributed by atoms with Gasteiger partial charge in [0.15, 0.2) is 5.82 Å². The molecule has 1 rings (SSSR count). The normalized spacial score (nSPS) is 21.9. The van der Waals surface area contributed by atoms with Gasteiger partial charge in [-0.2, -0.15) is 0 Å². The van der Waals surface area contributed by atoms with Gasteiger partial charge in [-0.15, -0.1) is 0 Å². The van der Waals surface area contributed by atoms with Crippen LogP contribution in [-0.4, -0.2) is 29.5 Å². The summed E-state index contributed by atoms with van der Waals surface area (Å²) in [4.78, 5) is 12.2. The fourth-order valence-corrected chi connectivity index (χ4v) is 1.88. The van der Waals surface area contributed by atoms with E-state index in [1.54, 1.807) is 0 Å². The molecule has 1 fully saturated rings. The van der Waals surface area contributed by atoms with Gasteiger partial charge in [-0.05, 0) is 11.8 Å². The van der Waals surface area contributed by atoms with Gasteiger partial charge in [-0.25, -0.2) is 0 Å². The van der Waals surface area contributed by atoms with E-state index in [9.17, 15) is 10.1 Å². The van der Waals surface area contributed by atoms with Crippen LogP contribution >= 0.6 is 0 Å². The molecule has 0 saturated carbocycles. The average Bonchev–Trinajstić information content (AvgIpc) is 2.17. The van der Waals surface area contributed by atoms with Crippen LogP contribution in [0, 0.1) is 15.5 Å². The molecule has 1 saturated heterocycles. The van der Waals surface area contributed by atoms with Crippen molar-refractivity contribution in [2.24, 2.45) is 5.41 Å². The quantitative estimate of drug-likeness (QED) is 0.587. The lowest BCUT2D eigenvalue weighted by Crippen LogP contribution is -2.50. The van der Waals surface area contributed by atoms with Crippen LogP contribution in [0.4, 0.5) is 0 Å². The summed E-state index contributed by atoms with van der Waals surface area (Å²) in [5.74, 6) is 0.651. The smallest absolute Gasteiger partial charge is 0.274 e. The first-order valence-corrected chi connectivity index (χ1v) is 5.79. The van der Waals surface area contributed by atoms with Crippen LogP contribution < -0.4 is 5.32 Å². The number of rotatable bonds is 4. The van der Waals surface area contributed by atoms with Crippen LogP contribution in [0.15, 0.2) is 12.0 Å². The molecule has 0 aromatic rings. The number of nitrogens with one attached hydrogen (secondary N) is 1. The molecule has 0 aromatic carbocycles. The third-order valence-electron chi connectivity index (χ3n) is 2.72. The summed E-state index contributed by atoms with van der Waals surface area (Å²) >= 11 is 0. The molecule has 0 radical (unpaired) electrons. The summed E-state index contributed by atoms with van der Waals surface area (Å²) in [5.41, 5.74) is 0.168. The lowest BCUT2D eigenvalue weighted by atomic mass is 9.91. The summed E-state index contributed by atoms with van der Waals surface area (Å²) in [6.07, 6.45) is 3.24. The number of hydrogen-bond donors (Lipinski definition) is 1. The van der Waals surface area contributed by atoms with E-state index in [2.05, 4.69) is 31.0 Å². The van der Waals surface area contributed by atoms with Gasteiger partial charge in [0.2, 0.25) is 0 Å². The highest BCUT2D eigenvalue weighted by molar-refractivity contribution is 5.02. The molecule has 0 atom stereocenters. The number of hydrogen-bond acceptors (Lipinski definition) is 4. The number of unbranched alkanes of at least 4 members (excludes halogenated alkanes) is 1. The molecule has 0 spiro atoms. The maximum Gasteiger partial charge on any atom is 0.274 e. The molecule has 5 heteroatoms. The lowest BCUT2D eigenvalue weighted by molar-refractivity contribution is -0.405. The van der Waals surface area contributed by atoms with E-state index in [0.717, 1.165) is 38.7 Å². The molecule has 1 heterocycles. The van der Waals surface area contributed by atoms with Crippen LogP contribution in [0.1, 0.15) is 33.6 Å². The molecule has 0 bridgehead atoms. The third kappa shape index (κ3) is 3.72. The Balaban J connectivity index is 2.71. The molecule has 0 amide bonds. The van der Waals surface area contributed by atoms with Gasteiger partial charge in [0.05, 0.1) is 4.92 Å². The van der Waals surface area contributed by atoms with Gasteiger partial charge < -0.3 is 10.2 Å². The predicted molar refractivity (Wildman–Crippen MR) is 63.3 cm³/mol. The number of nitro groups is 1. The molecule has 0 unspecified atom stereocenters. The van der Waals surface area contributed by atoms with Crippen molar-refractivity contribution in [3.8, 4) is 0 Å². The van der Waals surface area contributed by atoms with Crippen molar-refractivity contribution in [3.63, 3.8) is 0 Å². The molecule has 16 heavy (non-hydrogen) atoms. The molecule has 1 aliphatic rings. The first-order chi connectivity index (χ1) is 7.44. The van der Waals surface area contributed by atoms with Crippen molar-refractivity contribution >= 4 is 0 Å². The lowest BCUT2D eigenvalue weighted by Gasteiger charge is -2.40. The van der Waals surface area contributed by atoms with Crippen molar-refractivity contribution in [1.82, 2.24) is 10.2 Å². The van der Waals surface area contributed by atoms with Crippen molar-refractivity contribution in [1.29, 1.82) is 0 Å². The zero-order chi connectivity index (χ0) is 12.2. The Labute approximate surface area is 96.7 Å². The second kappa shape index (κ2) is 5.18. The molecule has 1 aliphatic heterocycles. The maximum atomic E-state index is 10.5. The summed E-state index contributed by atoms with van der Waals surface area (Å²) in [6, 6.07) is 0. The minimum atomic E-state index is -0.389. The summed E-state index contributed by atoms with van der Waals surface area (Å²) in [7, 11) is 0. The van der Waals surface area contributed by atoms with E-state index in [4.69, 9.17) is 0 Å². The van der Waals surface area contributed by atoms with Gasteiger partial charge in [-0.1, -0.05) is 27.2 Å². The second-order valence-electron chi connectivity index (χ2n) is 5.09. The van der Waals surface area contributed by atoms with Crippen molar-refractivity contribution in [2.75, 3.05) is 19.6 Å². The minimum absolute atomic E-state index is 0.168. The first kappa shape index (κ1) is 12.8. The van der Waals surface area contributed by atoms with Crippen molar-refractivity contribution in [2.45, 2.75) is 33.6 Å². The van der Waals surface area contributed by atoms with E-state index >= 15 is 0 Å². The third-order valence-corrected chi connectivity index (χ3v) is 2.72. The molecule has 1 N–H and O–H groups in total. The van der Waals surface area contributed by atoms with Crippen molar-refractivity contribution in [3.05, 3.63) is 22.1 Å². The first-order valence-electron chi connectivity index (χ1n) is 5.79. The topological polar surface area (TPSA) is 58.4 Å². The zero-order valence-electron chi connectivity index (χ0n) is 10.3. The van der Waals surface area contributed by atoms with E-state index in [1.807, 2.05) is 0 Å². The van der Waals surface area contributed by atoms with Crippen LogP contribution in [0.2, 0.25) is 0 Å². The molecule has 92 valence electrons. The SMILES string of the molecule is CCCCN1CC(C)(C)CNC1=C[N+](=O)[O-]. The zero-order valence-corrected chi connectivity index (χ0v) is 10.3. The number of nitrogens with zero attached hydrogens (tertiary/aromatic N) is 2. The van der Waals surface area contributed by atoms with Gasteiger partial charge in [0, 0.05) is 19.6 Å². The Morgan fingerprint density at radius 1 is 1.62 bits per heavy atom. The Kier molecular flexibility index (Phi) is 4.15. The van der Waals surface area contributed by atoms with Crippen LogP contribution in [0.25, 0.3) is 0 Å². The highest BCUT2D eigenvalue weighted by Gasteiger charge is 2.29. The van der Waals surface area contributed by atoms with E-state index < -0.39 is 0 Å². The Morgan fingerprint density at radius 3 is 2.88 bits per heavy atom.